The summed E-state index contributed by atoms with van der Waals surface area (Å²) in [5.41, 5.74) is 1.20. The predicted octanol–water partition coefficient (Wildman–Crippen LogP) is 1.20. The van der Waals surface area contributed by atoms with Crippen molar-refractivity contribution in [3.8, 4) is 0 Å². The van der Waals surface area contributed by atoms with Gasteiger partial charge in [-0.3, -0.25) is 9.79 Å². The number of carbonyl (C=O) groups is 1. The van der Waals surface area contributed by atoms with Gasteiger partial charge in [0.2, 0.25) is 0 Å². The van der Waals surface area contributed by atoms with Crippen molar-refractivity contribution < 1.29 is 4.79 Å². The third kappa shape index (κ3) is 1.63. The molecule has 0 atom stereocenters. The maximum atomic E-state index is 10.7. The number of ketones is 1. The number of hydrogen-bond donors (Lipinski definition) is 0. The Labute approximate surface area is 55.0 Å². The van der Waals surface area contributed by atoms with E-state index in [1.54, 1.807) is 7.05 Å². The molecule has 1 aliphatic carbocycles. The molecule has 9 heavy (non-hydrogen) atoms. The summed E-state index contributed by atoms with van der Waals surface area (Å²) in [7, 11) is 1.80. The second-order valence-corrected chi connectivity index (χ2v) is 2.33. The van der Waals surface area contributed by atoms with Gasteiger partial charge in [0.05, 0.1) is 0 Å². The van der Waals surface area contributed by atoms with Gasteiger partial charge in [0.25, 0.3) is 0 Å². The van der Waals surface area contributed by atoms with Gasteiger partial charge in [0.15, 0.2) is 0 Å². The van der Waals surface area contributed by atoms with E-state index in [1.165, 1.54) is 5.71 Å². The largest absolute Gasteiger partial charge is 0.300 e. The van der Waals surface area contributed by atoms with Crippen molar-refractivity contribution >= 4 is 11.5 Å². The number of aliphatic imine (C=N–C) groups is 1. The summed E-state index contributed by atoms with van der Waals surface area (Å²) in [5.74, 6) is 0.391. The summed E-state index contributed by atoms with van der Waals surface area (Å²) < 4.78 is 0. The average Bonchev–Trinajstić information content (AvgIpc) is 1.90. The fourth-order valence-corrected chi connectivity index (χ4v) is 1.04. The monoisotopic (exact) mass is 125 g/mol. The van der Waals surface area contributed by atoms with E-state index in [1.807, 2.05) is 0 Å². The van der Waals surface area contributed by atoms with Crippen molar-refractivity contribution in [2.45, 2.75) is 25.7 Å². The predicted molar refractivity (Wildman–Crippen MR) is 36.8 cm³/mol. The van der Waals surface area contributed by atoms with Crippen LogP contribution in [-0.4, -0.2) is 18.5 Å². The molecule has 0 spiro atoms. The Hall–Kier alpha value is -0.660. The van der Waals surface area contributed by atoms with Gasteiger partial charge in [0, 0.05) is 25.6 Å². The van der Waals surface area contributed by atoms with Crippen LogP contribution in [0, 0.1) is 0 Å². The van der Waals surface area contributed by atoms with Crippen LogP contribution in [0.5, 0.6) is 0 Å². The summed E-state index contributed by atoms with van der Waals surface area (Å²) in [5, 5.41) is 0. The third-order valence-electron chi connectivity index (χ3n) is 1.70. The summed E-state index contributed by atoms with van der Waals surface area (Å²) in [6.45, 7) is 0. The summed E-state index contributed by atoms with van der Waals surface area (Å²) >= 11 is 0. The minimum absolute atomic E-state index is 0.391. The molecule has 1 fully saturated rings. The van der Waals surface area contributed by atoms with Gasteiger partial charge >= 0.3 is 0 Å². The lowest BCUT2D eigenvalue weighted by Gasteiger charge is -2.09. The zero-order valence-electron chi connectivity index (χ0n) is 5.68. The standard InChI is InChI=1S/C7H11NO/c1-8-6-2-4-7(9)5-3-6/h2-5H2,1H3. The molecule has 50 valence electrons. The maximum absolute atomic E-state index is 10.7. The highest BCUT2D eigenvalue weighted by molar-refractivity contribution is 5.95. The van der Waals surface area contributed by atoms with E-state index in [9.17, 15) is 4.79 Å². The first-order valence-electron chi connectivity index (χ1n) is 3.29. The smallest absolute Gasteiger partial charge is 0.133 e. The molecule has 1 aliphatic rings. The van der Waals surface area contributed by atoms with Gasteiger partial charge in [-0.2, -0.15) is 0 Å². The fourth-order valence-electron chi connectivity index (χ4n) is 1.04. The first-order chi connectivity index (χ1) is 4.33. The minimum atomic E-state index is 0.391. The molecule has 0 heterocycles. The molecule has 0 bridgehead atoms. The van der Waals surface area contributed by atoms with Gasteiger partial charge in [-0.05, 0) is 12.8 Å². The zero-order chi connectivity index (χ0) is 6.69. The number of carbonyl (C=O) groups excluding carboxylic acids is 1. The molecule has 1 saturated carbocycles. The van der Waals surface area contributed by atoms with Crippen LogP contribution in [0.15, 0.2) is 4.99 Å². The van der Waals surface area contributed by atoms with Gasteiger partial charge in [-0.1, -0.05) is 0 Å². The molecule has 0 radical (unpaired) electrons. The van der Waals surface area contributed by atoms with E-state index < -0.39 is 0 Å². The minimum Gasteiger partial charge on any atom is -0.300 e. The van der Waals surface area contributed by atoms with Crippen molar-refractivity contribution in [3.05, 3.63) is 0 Å². The highest BCUT2D eigenvalue weighted by atomic mass is 16.1. The summed E-state index contributed by atoms with van der Waals surface area (Å²) in [6.07, 6.45) is 3.23. The SMILES string of the molecule is CN=C1CCC(=O)CC1. The molecule has 0 saturated heterocycles. The fraction of sp³-hybridized carbons (Fsp3) is 0.714. The average molecular weight is 125 g/mol. The molecule has 1 rings (SSSR count). The van der Waals surface area contributed by atoms with Crippen LogP contribution >= 0.6 is 0 Å². The second-order valence-electron chi connectivity index (χ2n) is 2.33. The number of Topliss-reactive ketones (excluding diaryl/α,β-unsaturated/α-hetero) is 1. The van der Waals surface area contributed by atoms with Crippen LogP contribution in [0.2, 0.25) is 0 Å². The van der Waals surface area contributed by atoms with Gasteiger partial charge in [-0.15, -0.1) is 0 Å². The third-order valence-corrected chi connectivity index (χ3v) is 1.70. The lowest BCUT2D eigenvalue weighted by Crippen LogP contribution is -2.12. The summed E-state index contributed by atoms with van der Waals surface area (Å²) in [4.78, 5) is 14.7. The van der Waals surface area contributed by atoms with Crippen LogP contribution < -0.4 is 0 Å². The van der Waals surface area contributed by atoms with Crippen LogP contribution in [0.4, 0.5) is 0 Å². The first-order valence-corrected chi connectivity index (χ1v) is 3.29. The van der Waals surface area contributed by atoms with Crippen LogP contribution in [-0.2, 0) is 4.79 Å². The van der Waals surface area contributed by atoms with E-state index in [2.05, 4.69) is 4.99 Å². The Bertz CT molecular complexity index is 137. The molecule has 0 aromatic carbocycles. The van der Waals surface area contributed by atoms with Crippen molar-refractivity contribution in [3.63, 3.8) is 0 Å². The molecule has 0 aromatic rings. The number of nitrogens with zero attached hydrogens (tertiary/aromatic N) is 1. The number of hydrogen-bond acceptors (Lipinski definition) is 2. The Morgan fingerprint density at radius 1 is 1.22 bits per heavy atom. The Kier molecular flexibility index (Phi) is 1.98. The lowest BCUT2D eigenvalue weighted by atomic mass is 9.97. The molecule has 0 N–H and O–H groups in total. The maximum Gasteiger partial charge on any atom is 0.133 e. The van der Waals surface area contributed by atoms with Crippen molar-refractivity contribution in [2.75, 3.05) is 7.05 Å². The van der Waals surface area contributed by atoms with E-state index in [-0.39, 0.29) is 0 Å². The normalized spacial score (nSPS) is 20.1. The first kappa shape index (κ1) is 6.46. The molecular weight excluding hydrogens is 114 g/mol. The molecule has 0 unspecified atom stereocenters. The summed E-state index contributed by atoms with van der Waals surface area (Å²) in [6, 6.07) is 0. The Morgan fingerprint density at radius 2 is 1.78 bits per heavy atom. The van der Waals surface area contributed by atoms with Gasteiger partial charge in [-0.25, -0.2) is 0 Å². The van der Waals surface area contributed by atoms with Gasteiger partial charge in [0.1, 0.15) is 5.78 Å². The molecule has 0 aliphatic heterocycles. The van der Waals surface area contributed by atoms with Crippen LogP contribution in [0.3, 0.4) is 0 Å². The Balaban J connectivity index is 2.44. The quantitative estimate of drug-likeness (QED) is 0.478. The molecule has 2 nitrogen and oxygen atoms in total. The second kappa shape index (κ2) is 2.76. The highest BCUT2D eigenvalue weighted by Gasteiger charge is 2.12. The topological polar surface area (TPSA) is 29.4 Å². The lowest BCUT2D eigenvalue weighted by molar-refractivity contribution is -0.119. The van der Waals surface area contributed by atoms with Crippen molar-refractivity contribution in [2.24, 2.45) is 4.99 Å². The van der Waals surface area contributed by atoms with E-state index in [0.717, 1.165) is 12.8 Å². The van der Waals surface area contributed by atoms with Crippen molar-refractivity contribution in [1.29, 1.82) is 0 Å². The van der Waals surface area contributed by atoms with Gasteiger partial charge < -0.3 is 0 Å². The van der Waals surface area contributed by atoms with E-state index in [0.29, 0.717) is 18.6 Å². The zero-order valence-corrected chi connectivity index (χ0v) is 5.68. The Morgan fingerprint density at radius 3 is 2.22 bits per heavy atom. The van der Waals surface area contributed by atoms with Crippen LogP contribution in [0.25, 0.3) is 0 Å². The molecule has 0 amide bonds. The molecule has 0 aromatic heterocycles. The van der Waals surface area contributed by atoms with E-state index in [4.69, 9.17) is 0 Å². The van der Waals surface area contributed by atoms with E-state index >= 15 is 0 Å². The highest BCUT2D eigenvalue weighted by Crippen LogP contribution is 2.10. The van der Waals surface area contributed by atoms with Crippen molar-refractivity contribution in [1.82, 2.24) is 0 Å². The molecule has 2 heteroatoms. The number of rotatable bonds is 0. The van der Waals surface area contributed by atoms with Crippen LogP contribution in [0.1, 0.15) is 25.7 Å². The molecular formula is C7H11NO.